The van der Waals surface area contributed by atoms with E-state index in [2.05, 4.69) is 29.4 Å². The van der Waals surface area contributed by atoms with Crippen molar-refractivity contribution in [2.75, 3.05) is 26.2 Å². The summed E-state index contributed by atoms with van der Waals surface area (Å²) < 4.78 is 35.6. The van der Waals surface area contributed by atoms with Gasteiger partial charge in [-0.05, 0) is 73.2 Å². The Balaban J connectivity index is 0.000000549. The maximum Gasteiger partial charge on any atom is 0.253 e. The largest absolute Gasteiger partial charge is 0.445 e. The molecular formula is C36H44F2N4O4. The normalized spacial score (nSPS) is 11.4. The molecule has 8 nitrogen and oxygen atoms in total. The van der Waals surface area contributed by atoms with E-state index < -0.39 is 11.6 Å². The van der Waals surface area contributed by atoms with E-state index in [0.29, 0.717) is 54.4 Å². The molecule has 0 radical (unpaired) electrons. The van der Waals surface area contributed by atoms with Gasteiger partial charge in [0.1, 0.15) is 17.9 Å². The van der Waals surface area contributed by atoms with Gasteiger partial charge in [0, 0.05) is 48.4 Å². The zero-order valence-corrected chi connectivity index (χ0v) is 27.0. The summed E-state index contributed by atoms with van der Waals surface area (Å²) >= 11 is 0. The Morgan fingerprint density at radius 1 is 0.957 bits per heavy atom. The lowest BCUT2D eigenvalue weighted by Gasteiger charge is -2.22. The summed E-state index contributed by atoms with van der Waals surface area (Å²) in [5.41, 5.74) is 10.5. The summed E-state index contributed by atoms with van der Waals surface area (Å²) in [6.45, 7) is 10.1. The molecule has 3 N–H and O–H groups in total. The van der Waals surface area contributed by atoms with E-state index >= 15 is 0 Å². The number of aromatic nitrogens is 1. The number of rotatable bonds is 14. The Hall–Kier alpha value is -4.41. The molecule has 1 aromatic heterocycles. The van der Waals surface area contributed by atoms with Crippen molar-refractivity contribution in [2.24, 2.45) is 5.73 Å². The Kier molecular flexibility index (Phi) is 14.5. The van der Waals surface area contributed by atoms with Crippen LogP contribution >= 0.6 is 0 Å². The number of benzene rings is 3. The number of nitrogens with zero attached hydrogens (tertiary/aromatic N) is 2. The number of amides is 2. The molecule has 0 bridgehead atoms. The van der Waals surface area contributed by atoms with Crippen LogP contribution in [-0.2, 0) is 17.8 Å². The van der Waals surface area contributed by atoms with Gasteiger partial charge in [-0.25, -0.2) is 13.8 Å². The third-order valence-electron chi connectivity index (χ3n) is 6.93. The number of nitrogens with two attached hydrogens (primary N) is 1. The summed E-state index contributed by atoms with van der Waals surface area (Å²) in [6, 6.07) is 16.3. The van der Waals surface area contributed by atoms with Crippen LogP contribution in [0.3, 0.4) is 0 Å². The average molecular weight is 635 g/mol. The average Bonchev–Trinajstić information content (AvgIpc) is 3.58. The molecule has 1 unspecified atom stereocenters. The first kappa shape index (κ1) is 36.1. The number of carbonyl (C=O) groups excluding carboxylic acids is 2. The fourth-order valence-corrected chi connectivity index (χ4v) is 4.75. The standard InChI is InChI=1S/C29H38N4O4.C7H6F2/c1-4-11-33(12-5-2)29(35)25-16-23(15-24(17-25)28-31-10-13-37-28)27(34)32-18-26(30)20-36-19-22-9-7-8-21(6-3)14-22;1-5-2-6(8)4-7(9)3-5/h7-10,13-17,26H,4-6,11-12,18-20,30H2,1-3H3,(H,32,34);2-4H,1H3. The lowest BCUT2D eigenvalue weighted by molar-refractivity contribution is 0.0755. The predicted octanol–water partition coefficient (Wildman–Crippen LogP) is 6.71. The molecule has 1 atom stereocenters. The van der Waals surface area contributed by atoms with Gasteiger partial charge in [0.25, 0.3) is 11.8 Å². The number of hydrogen-bond acceptors (Lipinski definition) is 6. The van der Waals surface area contributed by atoms with Gasteiger partial charge < -0.3 is 25.1 Å². The highest BCUT2D eigenvalue weighted by molar-refractivity contribution is 6.01. The van der Waals surface area contributed by atoms with E-state index in [1.54, 1.807) is 30.0 Å². The van der Waals surface area contributed by atoms with Crippen LogP contribution in [0.5, 0.6) is 0 Å². The molecule has 0 aliphatic carbocycles. The van der Waals surface area contributed by atoms with Gasteiger partial charge >= 0.3 is 0 Å². The van der Waals surface area contributed by atoms with Gasteiger partial charge in [-0.15, -0.1) is 0 Å². The number of halogens is 2. The van der Waals surface area contributed by atoms with Crippen molar-refractivity contribution in [3.63, 3.8) is 0 Å². The lowest BCUT2D eigenvalue weighted by atomic mass is 10.0. The highest BCUT2D eigenvalue weighted by atomic mass is 19.1. The molecule has 0 aliphatic rings. The molecule has 0 spiro atoms. The number of ether oxygens (including phenoxy) is 1. The van der Waals surface area contributed by atoms with Crippen LogP contribution in [0.2, 0.25) is 0 Å². The summed E-state index contributed by atoms with van der Waals surface area (Å²) in [5.74, 6) is -1.15. The smallest absolute Gasteiger partial charge is 0.253 e. The van der Waals surface area contributed by atoms with E-state index in [1.807, 2.05) is 26.0 Å². The van der Waals surface area contributed by atoms with Crippen molar-refractivity contribution < 1.29 is 27.5 Å². The van der Waals surface area contributed by atoms with E-state index in [1.165, 1.54) is 30.2 Å². The van der Waals surface area contributed by atoms with Gasteiger partial charge in [-0.2, -0.15) is 0 Å². The summed E-state index contributed by atoms with van der Waals surface area (Å²) in [6.07, 6.45) is 5.66. The second-order valence-electron chi connectivity index (χ2n) is 11.0. The van der Waals surface area contributed by atoms with Crippen molar-refractivity contribution in [1.82, 2.24) is 15.2 Å². The Morgan fingerprint density at radius 2 is 1.63 bits per heavy atom. The molecule has 3 aromatic carbocycles. The molecular weight excluding hydrogens is 590 g/mol. The van der Waals surface area contributed by atoms with Crippen molar-refractivity contribution in [3.05, 3.63) is 113 Å². The number of nitrogens with one attached hydrogen (secondary N) is 1. The van der Waals surface area contributed by atoms with Crippen molar-refractivity contribution >= 4 is 11.8 Å². The van der Waals surface area contributed by atoms with Crippen LogP contribution in [0.25, 0.3) is 11.5 Å². The van der Waals surface area contributed by atoms with E-state index in [-0.39, 0.29) is 24.4 Å². The Morgan fingerprint density at radius 3 is 2.24 bits per heavy atom. The SMILES string of the molecule is CCCN(CCC)C(=O)c1cc(C(=O)NCC(N)COCc2cccc(CC)c2)cc(-c2ncco2)c1.Cc1cc(F)cc(F)c1. The van der Waals surface area contributed by atoms with Crippen LogP contribution < -0.4 is 11.1 Å². The van der Waals surface area contributed by atoms with Crippen LogP contribution in [0.4, 0.5) is 8.78 Å². The maximum atomic E-state index is 13.3. The molecule has 0 saturated heterocycles. The molecule has 10 heteroatoms. The first-order chi connectivity index (χ1) is 22.1. The highest BCUT2D eigenvalue weighted by Gasteiger charge is 2.20. The number of hydrogen-bond donors (Lipinski definition) is 2. The monoisotopic (exact) mass is 634 g/mol. The minimum Gasteiger partial charge on any atom is -0.445 e. The second-order valence-corrected chi connectivity index (χ2v) is 11.0. The predicted molar refractivity (Wildman–Crippen MR) is 175 cm³/mol. The van der Waals surface area contributed by atoms with Gasteiger partial charge in [0.15, 0.2) is 0 Å². The lowest BCUT2D eigenvalue weighted by Crippen LogP contribution is -2.40. The topological polar surface area (TPSA) is 111 Å². The van der Waals surface area contributed by atoms with Crippen LogP contribution in [0.1, 0.15) is 71.0 Å². The first-order valence-electron chi connectivity index (χ1n) is 15.6. The third-order valence-corrected chi connectivity index (χ3v) is 6.93. The number of aryl methyl sites for hydroxylation is 2. The van der Waals surface area contributed by atoms with Gasteiger partial charge in [0.05, 0.1) is 19.4 Å². The number of carbonyl (C=O) groups is 2. The van der Waals surface area contributed by atoms with Crippen molar-refractivity contribution in [2.45, 2.75) is 59.6 Å². The zero-order chi connectivity index (χ0) is 33.5. The van der Waals surface area contributed by atoms with Crippen molar-refractivity contribution in [1.29, 1.82) is 0 Å². The molecule has 0 aliphatic heterocycles. The molecule has 2 amide bonds. The van der Waals surface area contributed by atoms with Crippen LogP contribution in [0.15, 0.2) is 77.5 Å². The molecule has 0 saturated carbocycles. The zero-order valence-electron chi connectivity index (χ0n) is 27.0. The van der Waals surface area contributed by atoms with E-state index in [0.717, 1.165) is 30.9 Å². The number of oxazole rings is 1. The first-order valence-corrected chi connectivity index (χ1v) is 15.6. The third kappa shape index (κ3) is 11.5. The summed E-state index contributed by atoms with van der Waals surface area (Å²) in [7, 11) is 0. The van der Waals surface area contributed by atoms with Gasteiger partial charge in [0.2, 0.25) is 5.89 Å². The second kappa shape index (κ2) is 18.5. The van der Waals surface area contributed by atoms with E-state index in [9.17, 15) is 18.4 Å². The Labute approximate surface area is 270 Å². The molecule has 0 fully saturated rings. The molecule has 4 aromatic rings. The maximum absolute atomic E-state index is 13.3. The molecule has 246 valence electrons. The van der Waals surface area contributed by atoms with Crippen LogP contribution in [0, 0.1) is 18.6 Å². The van der Waals surface area contributed by atoms with Gasteiger partial charge in [-0.3, -0.25) is 9.59 Å². The Bertz CT molecular complexity index is 1490. The molecule has 1 heterocycles. The molecule has 4 rings (SSSR count). The fraction of sp³-hybridized carbons (Fsp3) is 0.361. The highest BCUT2D eigenvalue weighted by Crippen LogP contribution is 2.22. The fourth-order valence-electron chi connectivity index (χ4n) is 4.75. The minimum atomic E-state index is -0.521. The van der Waals surface area contributed by atoms with E-state index in [4.69, 9.17) is 14.9 Å². The van der Waals surface area contributed by atoms with Crippen molar-refractivity contribution in [3.8, 4) is 11.5 Å². The summed E-state index contributed by atoms with van der Waals surface area (Å²) in [5, 5.41) is 2.86. The quantitative estimate of drug-likeness (QED) is 0.160. The molecule has 46 heavy (non-hydrogen) atoms. The minimum absolute atomic E-state index is 0.122. The summed E-state index contributed by atoms with van der Waals surface area (Å²) in [4.78, 5) is 32.3. The van der Waals surface area contributed by atoms with Gasteiger partial charge in [-0.1, -0.05) is 45.0 Å². The van der Waals surface area contributed by atoms with Crippen LogP contribution in [-0.4, -0.2) is 54.0 Å².